The Hall–Kier alpha value is -6.38. The van der Waals surface area contributed by atoms with Crippen LogP contribution < -0.4 is 31.8 Å². The topological polar surface area (TPSA) is 64.3 Å². The van der Waals surface area contributed by atoms with Crippen LogP contribution in [0.1, 0.15) is 0 Å². The van der Waals surface area contributed by atoms with E-state index in [9.17, 15) is 0 Å². The van der Waals surface area contributed by atoms with E-state index in [0.29, 0.717) is 5.30 Å². The highest BCUT2D eigenvalue weighted by Crippen LogP contribution is 2.44. The van der Waals surface area contributed by atoms with Gasteiger partial charge in [0.1, 0.15) is 5.65 Å². The SMILES string of the molecule is O=P(c1ccccc1)(c1ccccc1)c1ccc(-c2ccc3c4ccccc4c4nc5ccc(P(=O)(c6ccccc6)c6ccccc6)cc5n4c3c2)nc1. The number of hydrogen-bond donors (Lipinski definition) is 0. The molecule has 5 nitrogen and oxygen atoms in total. The predicted molar refractivity (Wildman–Crippen MR) is 230 cm³/mol. The molecule has 0 amide bonds. The summed E-state index contributed by atoms with van der Waals surface area (Å²) in [5, 5.41) is 7.73. The van der Waals surface area contributed by atoms with E-state index in [2.05, 4.69) is 46.9 Å². The summed E-state index contributed by atoms with van der Waals surface area (Å²) in [4.78, 5) is 10.1. The summed E-state index contributed by atoms with van der Waals surface area (Å²) in [7, 11) is -6.40. The van der Waals surface area contributed by atoms with Crippen molar-refractivity contribution in [3.63, 3.8) is 0 Å². The Bertz CT molecular complexity index is 3050. The van der Waals surface area contributed by atoms with Gasteiger partial charge in [0, 0.05) is 54.4 Å². The van der Waals surface area contributed by atoms with Crippen LogP contribution in [0.2, 0.25) is 0 Å². The third-order valence-electron chi connectivity index (χ3n) is 10.6. The summed E-state index contributed by atoms with van der Waals surface area (Å²) < 4.78 is 32.7. The standard InChI is InChI=1S/C48H33N3O2P2/c52-54(35-15-5-1-6-16-35,36-17-7-2-8-18-36)39-26-30-45-47(32-39)51-46-31-34(25-28-42(46)41-23-13-14-24-43(41)48(51)50-45)44-29-27-40(33-49-44)55(53,37-19-9-3-10-20-37)38-21-11-4-12-22-38/h1-33H. The molecule has 0 unspecified atom stereocenters. The first-order chi connectivity index (χ1) is 27.0. The number of imidazole rings is 1. The summed E-state index contributed by atoms with van der Waals surface area (Å²) in [5.41, 5.74) is 5.17. The number of benzene rings is 7. The zero-order chi connectivity index (χ0) is 37.0. The molecule has 0 atom stereocenters. The van der Waals surface area contributed by atoms with Crippen LogP contribution in [0.15, 0.2) is 200 Å². The lowest BCUT2D eigenvalue weighted by molar-refractivity contribution is 0.591. The van der Waals surface area contributed by atoms with Crippen molar-refractivity contribution in [3.05, 3.63) is 200 Å². The quantitative estimate of drug-likeness (QED) is 0.121. The second kappa shape index (κ2) is 13.2. The molecule has 0 bridgehead atoms. The molecule has 3 heterocycles. The molecule has 0 aliphatic heterocycles. The molecule has 0 saturated heterocycles. The van der Waals surface area contributed by atoms with E-state index in [1.54, 1.807) is 6.20 Å². The van der Waals surface area contributed by atoms with E-state index in [0.717, 1.165) is 76.1 Å². The van der Waals surface area contributed by atoms with Crippen molar-refractivity contribution in [1.82, 2.24) is 14.4 Å². The minimum Gasteiger partial charge on any atom is -0.309 e. The van der Waals surface area contributed by atoms with Crippen LogP contribution in [-0.4, -0.2) is 14.4 Å². The first kappa shape index (κ1) is 33.2. The van der Waals surface area contributed by atoms with Gasteiger partial charge in [-0.05, 0) is 41.8 Å². The van der Waals surface area contributed by atoms with Crippen LogP contribution in [0, 0.1) is 0 Å². The Labute approximate surface area is 318 Å². The maximum Gasteiger partial charge on any atom is 0.172 e. The van der Waals surface area contributed by atoms with Crippen molar-refractivity contribution in [2.24, 2.45) is 0 Å². The van der Waals surface area contributed by atoms with Gasteiger partial charge in [-0.2, -0.15) is 0 Å². The molecule has 7 heteroatoms. The molecule has 10 rings (SSSR count). The summed E-state index contributed by atoms with van der Waals surface area (Å²) in [6, 6.07) is 63.5. The second-order valence-electron chi connectivity index (χ2n) is 13.7. The fraction of sp³-hybridized carbons (Fsp3) is 0. The molecule has 0 aliphatic rings. The molecule has 0 radical (unpaired) electrons. The molecule has 0 fully saturated rings. The lowest BCUT2D eigenvalue weighted by Crippen LogP contribution is -2.25. The van der Waals surface area contributed by atoms with Gasteiger partial charge in [0.25, 0.3) is 0 Å². The van der Waals surface area contributed by atoms with Crippen LogP contribution in [-0.2, 0) is 9.13 Å². The largest absolute Gasteiger partial charge is 0.309 e. The predicted octanol–water partition coefficient (Wildman–Crippen LogP) is 9.13. The van der Waals surface area contributed by atoms with Crippen LogP contribution in [0.5, 0.6) is 0 Å². The van der Waals surface area contributed by atoms with Crippen molar-refractivity contribution in [3.8, 4) is 11.3 Å². The summed E-state index contributed by atoms with van der Waals surface area (Å²) in [6.07, 6.45) is 1.76. The van der Waals surface area contributed by atoms with Gasteiger partial charge >= 0.3 is 0 Å². The molecule has 0 N–H and O–H groups in total. The molecule has 0 spiro atoms. The summed E-state index contributed by atoms with van der Waals surface area (Å²) >= 11 is 0. The van der Waals surface area contributed by atoms with E-state index in [1.807, 2.05) is 152 Å². The van der Waals surface area contributed by atoms with Crippen molar-refractivity contribution in [2.45, 2.75) is 0 Å². The molecule has 10 aromatic rings. The highest BCUT2D eigenvalue weighted by molar-refractivity contribution is 7.85. The number of hydrogen-bond acceptors (Lipinski definition) is 4. The van der Waals surface area contributed by atoms with Gasteiger partial charge in [0.15, 0.2) is 14.3 Å². The van der Waals surface area contributed by atoms with Crippen molar-refractivity contribution in [2.75, 3.05) is 0 Å². The summed E-state index contributed by atoms with van der Waals surface area (Å²) in [6.45, 7) is 0. The molecular formula is C48H33N3O2P2. The maximum atomic E-state index is 15.5. The van der Waals surface area contributed by atoms with Crippen molar-refractivity contribution >= 4 is 84.5 Å². The Morgan fingerprint density at radius 3 is 1.45 bits per heavy atom. The third-order valence-corrected chi connectivity index (χ3v) is 16.7. The van der Waals surface area contributed by atoms with Gasteiger partial charge in [0.2, 0.25) is 0 Å². The zero-order valence-electron chi connectivity index (χ0n) is 29.6. The number of nitrogens with zero attached hydrogens (tertiary/aromatic N) is 3. The van der Waals surface area contributed by atoms with Gasteiger partial charge in [0.05, 0.1) is 22.2 Å². The molecule has 7 aromatic carbocycles. The fourth-order valence-electron chi connectivity index (χ4n) is 7.89. The minimum atomic E-state index is -3.24. The van der Waals surface area contributed by atoms with Crippen molar-refractivity contribution in [1.29, 1.82) is 0 Å². The lowest BCUT2D eigenvalue weighted by Gasteiger charge is -2.20. The smallest absolute Gasteiger partial charge is 0.172 e. The van der Waals surface area contributed by atoms with Crippen LogP contribution >= 0.6 is 14.3 Å². The Morgan fingerprint density at radius 1 is 0.400 bits per heavy atom. The minimum absolute atomic E-state index is 0.678. The van der Waals surface area contributed by atoms with E-state index in [-0.39, 0.29) is 0 Å². The molecular weight excluding hydrogens is 712 g/mol. The zero-order valence-corrected chi connectivity index (χ0v) is 31.4. The molecule has 3 aromatic heterocycles. The van der Waals surface area contributed by atoms with Crippen molar-refractivity contribution < 1.29 is 9.13 Å². The highest BCUT2D eigenvalue weighted by Gasteiger charge is 2.31. The number of aromatic nitrogens is 3. The molecule has 0 saturated carbocycles. The Balaban J connectivity index is 1.18. The normalized spacial score (nSPS) is 12.1. The lowest BCUT2D eigenvalue weighted by atomic mass is 10.0. The highest BCUT2D eigenvalue weighted by atomic mass is 31.2. The Kier molecular flexibility index (Phi) is 7.96. The molecule has 55 heavy (non-hydrogen) atoms. The first-order valence-corrected chi connectivity index (χ1v) is 21.6. The molecule has 0 aliphatic carbocycles. The third kappa shape index (κ3) is 5.31. The van der Waals surface area contributed by atoms with E-state index >= 15 is 9.13 Å². The van der Waals surface area contributed by atoms with Gasteiger partial charge in [-0.1, -0.05) is 158 Å². The maximum absolute atomic E-state index is 15.5. The van der Waals surface area contributed by atoms with E-state index in [1.165, 1.54) is 0 Å². The van der Waals surface area contributed by atoms with Gasteiger partial charge in [-0.25, -0.2) is 4.98 Å². The first-order valence-electron chi connectivity index (χ1n) is 18.2. The number of rotatable bonds is 7. The Morgan fingerprint density at radius 2 is 0.909 bits per heavy atom. The van der Waals surface area contributed by atoms with E-state index in [4.69, 9.17) is 9.97 Å². The van der Waals surface area contributed by atoms with Crippen LogP contribution in [0.3, 0.4) is 0 Å². The average Bonchev–Trinajstić information content (AvgIpc) is 3.67. The average molecular weight is 746 g/mol. The second-order valence-corrected chi connectivity index (χ2v) is 19.2. The fourth-order valence-corrected chi connectivity index (χ4v) is 13.1. The van der Waals surface area contributed by atoms with Gasteiger partial charge in [-0.3, -0.25) is 9.38 Å². The van der Waals surface area contributed by atoms with E-state index < -0.39 is 14.3 Å². The number of pyridine rings is 2. The van der Waals surface area contributed by atoms with Gasteiger partial charge < -0.3 is 9.13 Å². The van der Waals surface area contributed by atoms with Gasteiger partial charge in [-0.15, -0.1) is 0 Å². The molecule has 262 valence electrons. The monoisotopic (exact) mass is 745 g/mol. The summed E-state index contributed by atoms with van der Waals surface area (Å²) in [5.74, 6) is 0. The van der Waals surface area contributed by atoms with Crippen LogP contribution in [0.4, 0.5) is 0 Å². The number of fused-ring (bicyclic) bond motifs is 8. The van der Waals surface area contributed by atoms with Crippen LogP contribution in [0.25, 0.3) is 49.6 Å².